The molecule has 1 amide bonds. The van der Waals surface area contributed by atoms with Crippen LogP contribution < -0.4 is 5.32 Å². The summed E-state index contributed by atoms with van der Waals surface area (Å²) in [6.45, 7) is 10.4. The highest BCUT2D eigenvalue weighted by atomic mass is 35.5. The number of amides is 1. The third-order valence-corrected chi connectivity index (χ3v) is 4.31. The predicted molar refractivity (Wildman–Crippen MR) is 108 cm³/mol. The minimum absolute atomic E-state index is 0.0612. The average Bonchev–Trinajstić information content (AvgIpc) is 2.64. The van der Waals surface area contributed by atoms with Gasteiger partial charge < -0.3 is 5.32 Å². The zero-order valence-corrected chi connectivity index (χ0v) is 16.4. The molecular formula is C21H29ClN2O. The molecule has 0 heterocycles. The van der Waals surface area contributed by atoms with E-state index in [1.54, 1.807) is 0 Å². The molecule has 136 valence electrons. The van der Waals surface area contributed by atoms with Gasteiger partial charge in [0.1, 0.15) is 0 Å². The largest absolute Gasteiger partial charge is 0.324 e. The van der Waals surface area contributed by atoms with Crippen LogP contribution in [-0.4, -0.2) is 30.4 Å². The molecule has 2 aromatic rings. The first kappa shape index (κ1) is 21.2. The summed E-state index contributed by atoms with van der Waals surface area (Å²) in [5.41, 5.74) is 4.34. The fourth-order valence-electron chi connectivity index (χ4n) is 2.41. The first-order chi connectivity index (χ1) is 12.0. The highest BCUT2D eigenvalue weighted by molar-refractivity contribution is 6.17. The smallest absolute Gasteiger partial charge is 0.238 e. The van der Waals surface area contributed by atoms with E-state index in [1.807, 2.05) is 62.4 Å². The number of anilines is 1. The second-order valence-electron chi connectivity index (χ2n) is 5.90. The minimum Gasteiger partial charge on any atom is -0.324 e. The number of benzene rings is 2. The maximum absolute atomic E-state index is 11.9. The summed E-state index contributed by atoms with van der Waals surface area (Å²) in [5.74, 6) is 0.673. The van der Waals surface area contributed by atoms with E-state index in [0.29, 0.717) is 12.4 Å². The Labute approximate surface area is 157 Å². The van der Waals surface area contributed by atoms with Gasteiger partial charge in [-0.15, -0.1) is 11.6 Å². The van der Waals surface area contributed by atoms with E-state index in [0.717, 1.165) is 29.9 Å². The maximum Gasteiger partial charge on any atom is 0.238 e. The van der Waals surface area contributed by atoms with Crippen molar-refractivity contribution < 1.29 is 4.79 Å². The van der Waals surface area contributed by atoms with E-state index in [9.17, 15) is 4.79 Å². The molecule has 0 fully saturated rings. The molecule has 0 atom stereocenters. The van der Waals surface area contributed by atoms with Crippen molar-refractivity contribution in [2.45, 2.75) is 33.6 Å². The normalized spacial score (nSPS) is 10.2. The number of nitrogens with one attached hydrogen (secondary N) is 1. The van der Waals surface area contributed by atoms with Crippen LogP contribution in [0.15, 0.2) is 48.5 Å². The Morgan fingerprint density at radius 3 is 1.96 bits per heavy atom. The number of aryl methyl sites for hydroxylation is 2. The number of carbonyl (C=O) groups is 1. The first-order valence-electron chi connectivity index (χ1n) is 8.70. The van der Waals surface area contributed by atoms with Gasteiger partial charge in [-0.25, -0.2) is 0 Å². The van der Waals surface area contributed by atoms with Crippen LogP contribution in [0.2, 0.25) is 0 Å². The Kier molecular flexibility index (Phi) is 9.90. The number of para-hydroxylation sites is 1. The molecule has 0 unspecified atom stereocenters. The lowest BCUT2D eigenvalue weighted by molar-refractivity contribution is -0.117. The summed E-state index contributed by atoms with van der Waals surface area (Å²) in [5, 5.41) is 3.00. The van der Waals surface area contributed by atoms with Gasteiger partial charge in [0.05, 0.1) is 6.54 Å². The molecule has 4 heteroatoms. The van der Waals surface area contributed by atoms with Crippen molar-refractivity contribution in [1.29, 1.82) is 0 Å². The number of carbonyl (C=O) groups excluding carboxylic acids is 1. The van der Waals surface area contributed by atoms with Crippen LogP contribution in [0.25, 0.3) is 0 Å². The summed E-state index contributed by atoms with van der Waals surface area (Å²) >= 11 is 5.53. The van der Waals surface area contributed by atoms with Crippen molar-refractivity contribution in [3.63, 3.8) is 0 Å². The molecule has 2 rings (SSSR count). The van der Waals surface area contributed by atoms with Gasteiger partial charge >= 0.3 is 0 Å². The van der Waals surface area contributed by atoms with Gasteiger partial charge in [-0.1, -0.05) is 62.4 Å². The molecule has 0 saturated heterocycles. The van der Waals surface area contributed by atoms with Crippen LogP contribution in [-0.2, 0) is 10.7 Å². The zero-order valence-electron chi connectivity index (χ0n) is 15.7. The Balaban J connectivity index is 0.000000324. The van der Waals surface area contributed by atoms with Gasteiger partial charge in [-0.05, 0) is 43.6 Å². The monoisotopic (exact) mass is 360 g/mol. The predicted octanol–water partition coefficient (Wildman–Crippen LogP) is 5.01. The summed E-state index contributed by atoms with van der Waals surface area (Å²) in [6.07, 6.45) is 0. The molecule has 0 aliphatic rings. The summed E-state index contributed by atoms with van der Waals surface area (Å²) in [4.78, 5) is 14.0. The number of hydrogen-bond donors (Lipinski definition) is 1. The van der Waals surface area contributed by atoms with Crippen molar-refractivity contribution in [2.75, 3.05) is 25.0 Å². The molecule has 0 aliphatic carbocycles. The number of rotatable bonds is 6. The summed E-state index contributed by atoms with van der Waals surface area (Å²) in [6, 6.07) is 16.0. The lowest BCUT2D eigenvalue weighted by Gasteiger charge is -2.18. The Hall–Kier alpha value is -1.84. The van der Waals surface area contributed by atoms with Gasteiger partial charge in [0.15, 0.2) is 0 Å². The van der Waals surface area contributed by atoms with Crippen molar-refractivity contribution in [3.05, 3.63) is 65.2 Å². The van der Waals surface area contributed by atoms with Crippen LogP contribution in [0.3, 0.4) is 0 Å². The van der Waals surface area contributed by atoms with Crippen LogP contribution in [0.1, 0.15) is 30.5 Å². The van der Waals surface area contributed by atoms with Crippen molar-refractivity contribution >= 4 is 23.2 Å². The van der Waals surface area contributed by atoms with Crippen LogP contribution in [0.5, 0.6) is 0 Å². The average molecular weight is 361 g/mol. The van der Waals surface area contributed by atoms with Gasteiger partial charge in [-0.3, -0.25) is 9.69 Å². The lowest BCUT2D eigenvalue weighted by atomic mass is 10.1. The number of alkyl halides is 1. The van der Waals surface area contributed by atoms with Crippen molar-refractivity contribution in [1.82, 2.24) is 4.90 Å². The SMILES string of the molecule is CCN(CC)CC(=O)Nc1c(C)cccc1C.ClCc1ccccc1. The van der Waals surface area contributed by atoms with Crippen LogP contribution >= 0.6 is 11.6 Å². The van der Waals surface area contributed by atoms with Gasteiger partial charge in [-0.2, -0.15) is 0 Å². The fraction of sp³-hybridized carbons (Fsp3) is 0.381. The van der Waals surface area contributed by atoms with E-state index in [2.05, 4.69) is 24.1 Å². The number of likely N-dealkylation sites (N-methyl/N-ethyl adjacent to an activating group) is 1. The molecule has 2 aromatic carbocycles. The van der Waals surface area contributed by atoms with E-state index in [1.165, 1.54) is 5.56 Å². The molecule has 0 spiro atoms. The third-order valence-electron chi connectivity index (χ3n) is 4.00. The molecule has 3 nitrogen and oxygen atoms in total. The zero-order chi connectivity index (χ0) is 18.7. The standard InChI is InChI=1S/C14H22N2O.C7H7Cl/c1-5-16(6-2)10-13(17)15-14-11(3)8-7-9-12(14)4;8-6-7-4-2-1-3-5-7/h7-9H,5-6,10H2,1-4H3,(H,15,17);1-5H,6H2. The minimum atomic E-state index is 0.0612. The number of hydrogen-bond acceptors (Lipinski definition) is 2. The molecule has 1 N–H and O–H groups in total. The van der Waals surface area contributed by atoms with Crippen molar-refractivity contribution in [3.8, 4) is 0 Å². The highest BCUT2D eigenvalue weighted by Crippen LogP contribution is 2.19. The Bertz CT molecular complexity index is 619. The van der Waals surface area contributed by atoms with Gasteiger partial charge in [0, 0.05) is 11.6 Å². The molecule has 0 bridgehead atoms. The lowest BCUT2D eigenvalue weighted by Crippen LogP contribution is -2.33. The summed E-state index contributed by atoms with van der Waals surface area (Å²) in [7, 11) is 0. The molecule has 25 heavy (non-hydrogen) atoms. The third kappa shape index (κ3) is 7.72. The van der Waals surface area contributed by atoms with Gasteiger partial charge in [0.25, 0.3) is 0 Å². The second kappa shape index (κ2) is 11.7. The molecule has 0 aliphatic heterocycles. The van der Waals surface area contributed by atoms with Gasteiger partial charge in [0.2, 0.25) is 5.91 Å². The van der Waals surface area contributed by atoms with E-state index < -0.39 is 0 Å². The van der Waals surface area contributed by atoms with E-state index >= 15 is 0 Å². The maximum atomic E-state index is 11.9. The summed E-state index contributed by atoms with van der Waals surface area (Å²) < 4.78 is 0. The van der Waals surface area contributed by atoms with E-state index in [-0.39, 0.29) is 5.91 Å². The highest BCUT2D eigenvalue weighted by Gasteiger charge is 2.09. The quantitative estimate of drug-likeness (QED) is 0.734. The molecule has 0 radical (unpaired) electrons. The fourth-order valence-corrected chi connectivity index (χ4v) is 2.59. The van der Waals surface area contributed by atoms with E-state index in [4.69, 9.17) is 11.6 Å². The Morgan fingerprint density at radius 1 is 0.960 bits per heavy atom. The Morgan fingerprint density at radius 2 is 1.52 bits per heavy atom. The molecule has 0 saturated carbocycles. The molecular weight excluding hydrogens is 332 g/mol. The number of nitrogens with zero attached hydrogens (tertiary/aromatic N) is 1. The number of halogens is 1. The topological polar surface area (TPSA) is 32.3 Å². The van der Waals surface area contributed by atoms with Crippen molar-refractivity contribution in [2.24, 2.45) is 0 Å². The van der Waals surface area contributed by atoms with Crippen LogP contribution in [0.4, 0.5) is 5.69 Å². The second-order valence-corrected chi connectivity index (χ2v) is 6.16. The van der Waals surface area contributed by atoms with Crippen LogP contribution in [0, 0.1) is 13.8 Å². The first-order valence-corrected chi connectivity index (χ1v) is 9.23. The molecule has 0 aromatic heterocycles.